The highest BCUT2D eigenvalue weighted by molar-refractivity contribution is 6.31. The largest absolute Gasteiger partial charge is 0.338 e. The number of piperidine rings is 1. The monoisotopic (exact) mass is 407 g/mol. The third-order valence-corrected chi connectivity index (χ3v) is 3.59. The molecule has 1 aromatic carbocycles. The van der Waals surface area contributed by atoms with Crippen LogP contribution < -0.4 is 5.32 Å². The standard InChI is InChI=1S/C19H21ClF2N4O/c1-13-9-24-17(25-10-13)11-23-12-19(22)4-6-26(7-5-19)18(27)14-2-3-16(21)15(20)8-14/h2-3,8-10,23H,4-7,11-12H2,1H3/i1D3,4D2,6D2,7D2,11D2,12D2. The van der Waals surface area contributed by atoms with Gasteiger partial charge >= 0.3 is 0 Å². The maximum atomic E-state index is 16.6. The van der Waals surface area contributed by atoms with E-state index in [1.807, 2.05) is 0 Å². The highest BCUT2D eigenvalue weighted by Gasteiger charge is 2.36. The Morgan fingerprint density at radius 3 is 2.96 bits per heavy atom. The molecule has 2 aromatic rings. The lowest BCUT2D eigenvalue weighted by molar-refractivity contribution is 0.0434. The summed E-state index contributed by atoms with van der Waals surface area (Å²) in [6, 6.07) is 2.26. The molecule has 1 unspecified atom stereocenters. The number of nitrogens with one attached hydrogen (secondary N) is 1. The van der Waals surface area contributed by atoms with Crippen molar-refractivity contribution >= 4 is 17.5 Å². The van der Waals surface area contributed by atoms with Gasteiger partial charge in [0, 0.05) is 65.3 Å². The van der Waals surface area contributed by atoms with Crippen molar-refractivity contribution in [2.75, 3.05) is 19.5 Å². The first-order valence-electron chi connectivity index (χ1n) is 13.9. The lowest BCUT2D eigenvalue weighted by atomic mass is 9.92. The zero-order valence-electron chi connectivity index (χ0n) is 26.5. The molecule has 1 N–H and O–H groups in total. The van der Waals surface area contributed by atoms with Crippen LogP contribution in [-0.2, 0) is 6.50 Å². The number of carbonyl (C=O) groups excluding carboxylic acids is 1. The fourth-order valence-corrected chi connectivity index (χ4v) is 2.13. The molecular weight excluding hydrogens is 374 g/mol. The number of nitrogens with zero attached hydrogens (tertiary/aromatic N) is 3. The van der Waals surface area contributed by atoms with Crippen molar-refractivity contribution in [1.82, 2.24) is 20.2 Å². The highest BCUT2D eigenvalue weighted by atomic mass is 35.5. The maximum absolute atomic E-state index is 16.6. The molecule has 1 aliphatic rings. The van der Waals surface area contributed by atoms with E-state index in [1.165, 1.54) is 5.32 Å². The Kier molecular flexibility index (Phi) is 2.73. The van der Waals surface area contributed by atoms with Crippen LogP contribution >= 0.6 is 11.6 Å². The fraction of sp³-hybridized carbons (Fsp3) is 0.421. The molecule has 1 fully saturated rings. The summed E-state index contributed by atoms with van der Waals surface area (Å²) in [5, 5.41) is 0.934. The van der Waals surface area contributed by atoms with E-state index >= 15 is 4.39 Å². The van der Waals surface area contributed by atoms with Crippen LogP contribution in [0.25, 0.3) is 0 Å². The van der Waals surface area contributed by atoms with Crippen molar-refractivity contribution < 1.29 is 31.4 Å². The Labute approximate surface area is 180 Å². The third kappa shape index (κ3) is 4.99. The van der Waals surface area contributed by atoms with Crippen LogP contribution in [0.4, 0.5) is 8.78 Å². The van der Waals surface area contributed by atoms with Crippen molar-refractivity contribution in [2.45, 2.75) is 31.8 Å². The predicted molar refractivity (Wildman–Crippen MR) is 98.9 cm³/mol. The Morgan fingerprint density at radius 2 is 2.26 bits per heavy atom. The SMILES string of the molecule is [2H]C([2H])([2H])c1cnc(C([2H])([2H])NC([2H])([2H])C2(F)CC([2H])([2H])N(C(=O)c3ccc(F)c(Cl)c3)C([2H])([2H])C2([2H])[2H])nc1. The molecule has 1 saturated heterocycles. The second kappa shape index (κ2) is 8.27. The summed E-state index contributed by atoms with van der Waals surface area (Å²) in [4.78, 5) is 19.9. The fourth-order valence-electron chi connectivity index (χ4n) is 1.95. The minimum atomic E-state index is -4.20. The minimum absolute atomic E-state index is 0.275. The number of likely N-dealkylation sites (tertiary alicyclic amines) is 1. The maximum Gasteiger partial charge on any atom is 0.253 e. The molecule has 1 atom stereocenters. The summed E-state index contributed by atoms with van der Waals surface area (Å²) in [7, 11) is 0. The summed E-state index contributed by atoms with van der Waals surface area (Å²) >= 11 is 5.64. The smallest absolute Gasteiger partial charge is 0.253 e. The number of aryl methyl sites for hydroxylation is 1. The molecule has 0 spiro atoms. The Morgan fingerprint density at radius 1 is 1.48 bits per heavy atom. The first-order chi connectivity index (χ1) is 17.8. The van der Waals surface area contributed by atoms with E-state index in [-0.39, 0.29) is 4.90 Å². The summed E-state index contributed by atoms with van der Waals surface area (Å²) in [5.41, 5.74) is -5.17. The Hall–Kier alpha value is -2.12. The van der Waals surface area contributed by atoms with Gasteiger partial charge in [-0.1, -0.05) is 11.6 Å². The first kappa shape index (κ1) is 8.92. The minimum Gasteiger partial charge on any atom is -0.338 e. The number of hydrogen-bond donors (Lipinski definition) is 1. The van der Waals surface area contributed by atoms with Gasteiger partial charge < -0.3 is 10.2 Å². The van der Waals surface area contributed by atoms with Crippen LogP contribution in [0, 0.1) is 12.7 Å². The zero-order chi connectivity index (χ0) is 30.9. The summed E-state index contributed by atoms with van der Waals surface area (Å²) in [5.74, 6) is -3.40. The highest BCUT2D eigenvalue weighted by Crippen LogP contribution is 2.27. The number of aromatic nitrogens is 2. The Bertz CT molecular complexity index is 1310. The van der Waals surface area contributed by atoms with E-state index in [9.17, 15) is 9.18 Å². The number of alkyl halides is 1. The zero-order valence-corrected chi connectivity index (χ0v) is 14.2. The lowest BCUT2D eigenvalue weighted by Crippen LogP contribution is -2.48. The predicted octanol–water partition coefficient (Wildman–Crippen LogP) is 3.31. The number of halogens is 3. The van der Waals surface area contributed by atoms with Gasteiger partial charge in [0.2, 0.25) is 0 Å². The lowest BCUT2D eigenvalue weighted by Gasteiger charge is -2.36. The van der Waals surface area contributed by atoms with Crippen molar-refractivity contribution in [3.05, 3.63) is 58.4 Å². The van der Waals surface area contributed by atoms with Gasteiger partial charge in [-0.3, -0.25) is 4.79 Å². The normalized spacial score (nSPS) is 34.2. The second-order valence-electron chi connectivity index (χ2n) is 5.31. The molecule has 1 aliphatic heterocycles. The summed E-state index contributed by atoms with van der Waals surface area (Å²) < 4.78 is 134. The van der Waals surface area contributed by atoms with Gasteiger partial charge in [-0.05, 0) is 30.6 Å². The summed E-state index contributed by atoms with van der Waals surface area (Å²) in [6.07, 6.45) is -4.44. The van der Waals surface area contributed by atoms with Crippen LogP contribution in [-0.4, -0.2) is 45.9 Å². The van der Waals surface area contributed by atoms with E-state index in [0.717, 1.165) is 30.6 Å². The Balaban J connectivity index is 2.04. The molecule has 8 heteroatoms. The van der Waals surface area contributed by atoms with Crippen molar-refractivity contribution in [3.8, 4) is 0 Å². The van der Waals surface area contributed by atoms with E-state index < -0.39 is 85.0 Å². The van der Waals surface area contributed by atoms with Gasteiger partial charge in [0.05, 0.1) is 14.3 Å². The van der Waals surface area contributed by atoms with Gasteiger partial charge in [0.15, 0.2) is 0 Å². The molecule has 0 aliphatic carbocycles. The van der Waals surface area contributed by atoms with Gasteiger partial charge in [0.25, 0.3) is 5.91 Å². The van der Waals surface area contributed by atoms with E-state index in [4.69, 9.17) is 29.4 Å². The summed E-state index contributed by atoms with van der Waals surface area (Å²) in [6.45, 7) is -17.1. The van der Waals surface area contributed by atoms with Crippen LogP contribution in [0.15, 0.2) is 30.6 Å². The number of amides is 1. The average molecular weight is 408 g/mol. The van der Waals surface area contributed by atoms with Crippen LogP contribution in [0.3, 0.4) is 0 Å². The van der Waals surface area contributed by atoms with Gasteiger partial charge in [0.1, 0.15) is 17.3 Å². The van der Waals surface area contributed by atoms with Crippen LogP contribution in [0.2, 0.25) is 5.02 Å². The molecule has 5 nitrogen and oxygen atoms in total. The molecule has 1 aromatic heterocycles. The molecule has 0 bridgehead atoms. The molecule has 1 amide bonds. The quantitative estimate of drug-likeness (QED) is 0.826. The molecule has 0 radical (unpaired) electrons. The molecule has 0 saturated carbocycles. The van der Waals surface area contributed by atoms with Gasteiger partial charge in [-0.15, -0.1) is 0 Å². The number of carbonyl (C=O) groups is 1. The van der Waals surface area contributed by atoms with E-state index in [2.05, 4.69) is 9.97 Å². The topological polar surface area (TPSA) is 58.1 Å². The van der Waals surface area contributed by atoms with Gasteiger partial charge in [-0.25, -0.2) is 18.7 Å². The average Bonchev–Trinajstić information content (AvgIpc) is 2.78. The van der Waals surface area contributed by atoms with Crippen molar-refractivity contribution in [1.29, 1.82) is 0 Å². The number of rotatable bonds is 5. The second-order valence-corrected chi connectivity index (χ2v) is 5.72. The van der Waals surface area contributed by atoms with E-state index in [1.54, 1.807) is 0 Å². The van der Waals surface area contributed by atoms with Crippen LogP contribution in [0.1, 0.15) is 52.4 Å². The molecule has 144 valence electrons. The molecular formula is C19H21ClF2N4O. The molecule has 2 heterocycles. The number of benzene rings is 1. The third-order valence-electron chi connectivity index (χ3n) is 3.30. The van der Waals surface area contributed by atoms with E-state index in [0.29, 0.717) is 0 Å². The van der Waals surface area contributed by atoms with Crippen molar-refractivity contribution in [2.24, 2.45) is 0 Å². The first-order valence-corrected chi connectivity index (χ1v) is 7.81. The number of hydrogen-bond acceptors (Lipinski definition) is 4. The molecule has 27 heavy (non-hydrogen) atoms. The van der Waals surface area contributed by atoms with Crippen LogP contribution in [0.5, 0.6) is 0 Å². The molecule has 3 rings (SSSR count). The van der Waals surface area contributed by atoms with Gasteiger partial charge in [-0.2, -0.15) is 0 Å². The van der Waals surface area contributed by atoms with Crippen molar-refractivity contribution in [3.63, 3.8) is 0 Å².